The summed E-state index contributed by atoms with van der Waals surface area (Å²) in [6.45, 7) is 1.28. The van der Waals surface area contributed by atoms with Crippen LogP contribution in [0.4, 0.5) is 10.5 Å². The predicted molar refractivity (Wildman–Crippen MR) is 85.1 cm³/mol. The monoisotopic (exact) mass is 312 g/mol. The summed E-state index contributed by atoms with van der Waals surface area (Å²) in [6, 6.07) is 6.99. The average Bonchev–Trinajstić information content (AvgIpc) is 3.23. The van der Waals surface area contributed by atoms with Gasteiger partial charge in [0.25, 0.3) is 5.91 Å². The molecule has 0 bridgehead atoms. The van der Waals surface area contributed by atoms with Crippen molar-refractivity contribution in [3.8, 4) is 0 Å². The van der Waals surface area contributed by atoms with Crippen molar-refractivity contribution in [2.45, 2.75) is 18.9 Å². The smallest absolute Gasteiger partial charge is 0.319 e. The van der Waals surface area contributed by atoms with Crippen LogP contribution in [0.2, 0.25) is 0 Å². The molecule has 6 nitrogen and oxygen atoms in total. The van der Waals surface area contributed by atoms with Gasteiger partial charge in [-0.15, -0.1) is 12.4 Å². The molecule has 1 aliphatic carbocycles. The molecule has 0 aliphatic heterocycles. The Morgan fingerprint density at radius 2 is 2.00 bits per heavy atom. The van der Waals surface area contributed by atoms with E-state index in [0.717, 1.165) is 12.8 Å². The maximum absolute atomic E-state index is 11.9. The summed E-state index contributed by atoms with van der Waals surface area (Å²) < 4.78 is 0. The standard InChI is InChI=1S/C14H20N4O2.ClH/c1-15-7-8-16-13(19)10-3-2-4-12(9-10)18-14(20)17-11-5-6-11;/h2-4,9,11,15H,5-8H2,1H3,(H,16,19)(H2,17,18,20);1H. The molecule has 1 saturated carbocycles. The van der Waals surface area contributed by atoms with Gasteiger partial charge in [-0.25, -0.2) is 4.79 Å². The Labute approximate surface area is 130 Å². The highest BCUT2D eigenvalue weighted by molar-refractivity contribution is 5.96. The van der Waals surface area contributed by atoms with E-state index in [1.807, 2.05) is 7.05 Å². The van der Waals surface area contributed by atoms with Crippen LogP contribution >= 0.6 is 12.4 Å². The number of benzene rings is 1. The molecule has 0 radical (unpaired) electrons. The van der Waals surface area contributed by atoms with E-state index >= 15 is 0 Å². The zero-order valence-electron chi connectivity index (χ0n) is 11.9. The van der Waals surface area contributed by atoms with Crippen molar-refractivity contribution in [3.05, 3.63) is 29.8 Å². The fourth-order valence-electron chi connectivity index (χ4n) is 1.72. The average molecular weight is 313 g/mol. The van der Waals surface area contributed by atoms with Gasteiger partial charge in [0.05, 0.1) is 0 Å². The van der Waals surface area contributed by atoms with Gasteiger partial charge in [0.2, 0.25) is 0 Å². The maximum atomic E-state index is 11.9. The Bertz CT molecular complexity index is 492. The van der Waals surface area contributed by atoms with E-state index in [4.69, 9.17) is 0 Å². The van der Waals surface area contributed by atoms with Gasteiger partial charge in [-0.1, -0.05) is 6.07 Å². The SMILES string of the molecule is CNCCNC(=O)c1cccc(NC(=O)NC2CC2)c1.Cl. The van der Waals surface area contributed by atoms with E-state index in [1.54, 1.807) is 24.3 Å². The van der Waals surface area contributed by atoms with Crippen LogP contribution in [0, 0.1) is 0 Å². The third-order valence-electron chi connectivity index (χ3n) is 2.96. The van der Waals surface area contributed by atoms with Crippen LogP contribution in [0.15, 0.2) is 24.3 Å². The van der Waals surface area contributed by atoms with Gasteiger partial charge in [0.15, 0.2) is 0 Å². The Kier molecular flexibility index (Phi) is 6.98. The van der Waals surface area contributed by atoms with Crippen molar-refractivity contribution in [1.82, 2.24) is 16.0 Å². The Morgan fingerprint density at radius 3 is 2.67 bits per heavy atom. The number of anilines is 1. The Balaban J connectivity index is 0.00000220. The number of rotatable bonds is 6. The lowest BCUT2D eigenvalue weighted by Gasteiger charge is -2.09. The molecule has 0 aromatic heterocycles. The lowest BCUT2D eigenvalue weighted by Crippen LogP contribution is -2.31. The van der Waals surface area contributed by atoms with Crippen molar-refractivity contribution in [2.75, 3.05) is 25.5 Å². The summed E-state index contributed by atoms with van der Waals surface area (Å²) in [5.74, 6) is -0.147. The lowest BCUT2D eigenvalue weighted by atomic mass is 10.2. The van der Waals surface area contributed by atoms with E-state index in [2.05, 4.69) is 21.3 Å². The summed E-state index contributed by atoms with van der Waals surface area (Å²) >= 11 is 0. The third-order valence-corrected chi connectivity index (χ3v) is 2.96. The lowest BCUT2D eigenvalue weighted by molar-refractivity contribution is 0.0954. The highest BCUT2D eigenvalue weighted by Gasteiger charge is 2.23. The highest BCUT2D eigenvalue weighted by atomic mass is 35.5. The molecule has 1 aromatic carbocycles. The molecule has 1 aliphatic rings. The van der Waals surface area contributed by atoms with E-state index in [1.165, 1.54) is 0 Å². The molecular formula is C14H21ClN4O2. The number of hydrogen-bond donors (Lipinski definition) is 4. The number of carbonyl (C=O) groups is 2. The quantitative estimate of drug-likeness (QED) is 0.598. The molecule has 0 unspecified atom stereocenters. The van der Waals surface area contributed by atoms with Crippen LogP contribution in [0.1, 0.15) is 23.2 Å². The molecule has 3 amide bonds. The molecule has 21 heavy (non-hydrogen) atoms. The van der Waals surface area contributed by atoms with Gasteiger partial charge in [0, 0.05) is 30.4 Å². The van der Waals surface area contributed by atoms with Crippen LogP contribution in [0.5, 0.6) is 0 Å². The van der Waals surface area contributed by atoms with Crippen LogP contribution < -0.4 is 21.3 Å². The van der Waals surface area contributed by atoms with Gasteiger partial charge < -0.3 is 21.3 Å². The summed E-state index contributed by atoms with van der Waals surface area (Å²) in [7, 11) is 1.83. The van der Waals surface area contributed by atoms with Crippen molar-refractivity contribution in [2.24, 2.45) is 0 Å². The van der Waals surface area contributed by atoms with Crippen molar-refractivity contribution in [1.29, 1.82) is 0 Å². The molecule has 0 heterocycles. The van der Waals surface area contributed by atoms with E-state index < -0.39 is 0 Å². The summed E-state index contributed by atoms with van der Waals surface area (Å²) in [4.78, 5) is 23.5. The molecule has 116 valence electrons. The van der Waals surface area contributed by atoms with Crippen LogP contribution in [0.3, 0.4) is 0 Å². The minimum atomic E-state index is -0.222. The Hall–Kier alpha value is -1.79. The fraction of sp³-hybridized carbons (Fsp3) is 0.429. The minimum Gasteiger partial charge on any atom is -0.351 e. The zero-order valence-corrected chi connectivity index (χ0v) is 12.8. The number of urea groups is 1. The van der Waals surface area contributed by atoms with Crippen LogP contribution in [-0.4, -0.2) is 38.1 Å². The third kappa shape index (κ3) is 6.01. The number of likely N-dealkylation sites (N-methyl/N-ethyl adjacent to an activating group) is 1. The van der Waals surface area contributed by atoms with Crippen molar-refractivity contribution in [3.63, 3.8) is 0 Å². The zero-order chi connectivity index (χ0) is 14.4. The molecular weight excluding hydrogens is 292 g/mol. The van der Waals surface area contributed by atoms with Gasteiger partial charge in [-0.2, -0.15) is 0 Å². The van der Waals surface area contributed by atoms with E-state index in [9.17, 15) is 9.59 Å². The van der Waals surface area contributed by atoms with Gasteiger partial charge >= 0.3 is 6.03 Å². The van der Waals surface area contributed by atoms with Crippen molar-refractivity contribution >= 4 is 30.0 Å². The number of nitrogens with one attached hydrogen (secondary N) is 4. The second-order valence-electron chi connectivity index (χ2n) is 4.81. The molecule has 0 saturated heterocycles. The van der Waals surface area contributed by atoms with Gasteiger partial charge in [0.1, 0.15) is 0 Å². The first-order valence-electron chi connectivity index (χ1n) is 6.79. The van der Waals surface area contributed by atoms with Gasteiger partial charge in [-0.05, 0) is 38.1 Å². The summed E-state index contributed by atoms with van der Waals surface area (Å²) in [5, 5.41) is 11.3. The van der Waals surface area contributed by atoms with Crippen LogP contribution in [0.25, 0.3) is 0 Å². The van der Waals surface area contributed by atoms with Crippen LogP contribution in [-0.2, 0) is 0 Å². The second-order valence-corrected chi connectivity index (χ2v) is 4.81. The summed E-state index contributed by atoms with van der Waals surface area (Å²) in [6.07, 6.45) is 2.09. The second kappa shape index (κ2) is 8.49. The molecule has 1 fully saturated rings. The number of hydrogen-bond acceptors (Lipinski definition) is 3. The van der Waals surface area contributed by atoms with E-state index in [-0.39, 0.29) is 24.3 Å². The molecule has 4 N–H and O–H groups in total. The largest absolute Gasteiger partial charge is 0.351 e. The van der Waals surface area contributed by atoms with Gasteiger partial charge in [-0.3, -0.25) is 4.79 Å². The molecule has 2 rings (SSSR count). The minimum absolute atomic E-state index is 0. The summed E-state index contributed by atoms with van der Waals surface area (Å²) in [5.41, 5.74) is 1.15. The van der Waals surface area contributed by atoms with E-state index in [0.29, 0.717) is 30.4 Å². The normalized spacial score (nSPS) is 13.0. The number of amides is 3. The predicted octanol–water partition coefficient (Wildman–Crippen LogP) is 1.34. The number of halogens is 1. The molecule has 0 spiro atoms. The first kappa shape index (κ1) is 17.3. The highest BCUT2D eigenvalue weighted by Crippen LogP contribution is 2.19. The molecule has 7 heteroatoms. The van der Waals surface area contributed by atoms with Crippen molar-refractivity contribution < 1.29 is 9.59 Å². The number of carbonyl (C=O) groups excluding carboxylic acids is 2. The first-order chi connectivity index (χ1) is 9.69. The molecule has 1 aromatic rings. The maximum Gasteiger partial charge on any atom is 0.319 e. The topological polar surface area (TPSA) is 82.3 Å². The molecule has 0 atom stereocenters. The first-order valence-corrected chi connectivity index (χ1v) is 6.79. The Morgan fingerprint density at radius 1 is 1.24 bits per heavy atom. The fourth-order valence-corrected chi connectivity index (χ4v) is 1.72.